The lowest BCUT2D eigenvalue weighted by atomic mass is 10.1. The largest absolute Gasteiger partial charge is 0.385 e. The van der Waals surface area contributed by atoms with Crippen molar-refractivity contribution in [2.24, 2.45) is 0 Å². The van der Waals surface area contributed by atoms with Gasteiger partial charge in [0.25, 0.3) is 5.91 Å². The molecule has 0 bridgehead atoms. The summed E-state index contributed by atoms with van der Waals surface area (Å²) in [5.41, 5.74) is 3.12. The van der Waals surface area contributed by atoms with E-state index in [9.17, 15) is 4.79 Å². The molecule has 3 nitrogen and oxygen atoms in total. The maximum atomic E-state index is 12.5. The Bertz CT molecular complexity index is 673. The van der Waals surface area contributed by atoms with Crippen LogP contribution in [0.5, 0.6) is 0 Å². The monoisotopic (exact) mass is 366 g/mol. The molecule has 110 valence electrons. The fourth-order valence-electron chi connectivity index (χ4n) is 1.97. The number of nitrogens with one attached hydrogen (secondary N) is 2. The first-order valence-corrected chi connectivity index (χ1v) is 7.79. The third kappa shape index (κ3) is 3.99. The molecule has 0 aliphatic heterocycles. The van der Waals surface area contributed by atoms with E-state index < -0.39 is 0 Å². The molecule has 5 heteroatoms. The van der Waals surface area contributed by atoms with Gasteiger partial charge in [-0.25, -0.2) is 0 Å². The van der Waals surface area contributed by atoms with E-state index in [1.165, 1.54) is 0 Å². The van der Waals surface area contributed by atoms with Crippen molar-refractivity contribution in [3.05, 3.63) is 57.0 Å². The van der Waals surface area contributed by atoms with E-state index in [-0.39, 0.29) is 5.91 Å². The number of carbonyl (C=O) groups is 1. The van der Waals surface area contributed by atoms with Gasteiger partial charge in [0.1, 0.15) is 0 Å². The van der Waals surface area contributed by atoms with Crippen LogP contribution in [0.25, 0.3) is 0 Å². The second-order valence-corrected chi connectivity index (χ2v) is 5.95. The summed E-state index contributed by atoms with van der Waals surface area (Å²) in [6, 6.07) is 11.0. The Balaban J connectivity index is 2.31. The minimum atomic E-state index is -0.169. The van der Waals surface area contributed by atoms with Gasteiger partial charge in [0.05, 0.1) is 11.3 Å². The maximum Gasteiger partial charge on any atom is 0.257 e. The van der Waals surface area contributed by atoms with Crippen molar-refractivity contribution in [1.29, 1.82) is 0 Å². The Morgan fingerprint density at radius 1 is 1.19 bits per heavy atom. The van der Waals surface area contributed by atoms with Crippen LogP contribution in [0, 0.1) is 6.92 Å². The second-order valence-electron chi connectivity index (χ2n) is 4.66. The van der Waals surface area contributed by atoms with E-state index in [2.05, 4.69) is 26.6 Å². The summed E-state index contributed by atoms with van der Waals surface area (Å²) in [6.45, 7) is 4.71. The van der Waals surface area contributed by atoms with Gasteiger partial charge < -0.3 is 10.6 Å². The van der Waals surface area contributed by atoms with Crippen LogP contribution in [0.3, 0.4) is 0 Å². The first-order valence-electron chi connectivity index (χ1n) is 6.62. The topological polar surface area (TPSA) is 41.1 Å². The molecule has 0 aliphatic carbocycles. The number of benzene rings is 2. The Kier molecular flexibility index (Phi) is 5.26. The van der Waals surface area contributed by atoms with Gasteiger partial charge in [0.2, 0.25) is 0 Å². The first-order chi connectivity index (χ1) is 10.0. The normalized spacial score (nSPS) is 10.3. The molecule has 0 aromatic heterocycles. The van der Waals surface area contributed by atoms with Crippen LogP contribution in [-0.4, -0.2) is 12.5 Å². The van der Waals surface area contributed by atoms with E-state index in [1.807, 2.05) is 32.0 Å². The van der Waals surface area contributed by atoms with Crippen molar-refractivity contribution in [1.82, 2.24) is 0 Å². The number of anilines is 2. The lowest BCUT2D eigenvalue weighted by Crippen LogP contribution is -2.15. The number of hydrogen-bond donors (Lipinski definition) is 2. The van der Waals surface area contributed by atoms with Crippen LogP contribution in [-0.2, 0) is 0 Å². The molecule has 2 N–H and O–H groups in total. The van der Waals surface area contributed by atoms with E-state index >= 15 is 0 Å². The maximum absolute atomic E-state index is 12.5. The second kappa shape index (κ2) is 6.96. The minimum Gasteiger partial charge on any atom is -0.385 e. The number of aryl methyl sites for hydroxylation is 1. The fourth-order valence-corrected chi connectivity index (χ4v) is 2.49. The summed E-state index contributed by atoms with van der Waals surface area (Å²) in [5.74, 6) is -0.169. The number of halogens is 2. The summed E-state index contributed by atoms with van der Waals surface area (Å²) in [5, 5.41) is 6.65. The summed E-state index contributed by atoms with van der Waals surface area (Å²) < 4.78 is 0.790. The standard InChI is InChI=1S/C16H16BrClN2O/c1-3-19-14-7-4-10(2)8-12(14)16(21)20-15-9-11(18)5-6-13(15)17/h4-9,19H,3H2,1-2H3,(H,20,21). The van der Waals surface area contributed by atoms with Crippen molar-refractivity contribution in [2.75, 3.05) is 17.2 Å². The molecule has 2 rings (SSSR count). The van der Waals surface area contributed by atoms with Gasteiger partial charge in [0.15, 0.2) is 0 Å². The molecule has 21 heavy (non-hydrogen) atoms. The van der Waals surface area contributed by atoms with Crippen molar-refractivity contribution >= 4 is 44.8 Å². The zero-order chi connectivity index (χ0) is 15.4. The van der Waals surface area contributed by atoms with Crippen LogP contribution < -0.4 is 10.6 Å². The Morgan fingerprint density at radius 3 is 2.67 bits per heavy atom. The number of carbonyl (C=O) groups excluding carboxylic acids is 1. The third-order valence-corrected chi connectivity index (χ3v) is 3.89. The molecule has 0 fully saturated rings. The van der Waals surface area contributed by atoms with Crippen molar-refractivity contribution in [3.63, 3.8) is 0 Å². The third-order valence-electron chi connectivity index (χ3n) is 2.96. The van der Waals surface area contributed by atoms with Crippen LogP contribution in [0.15, 0.2) is 40.9 Å². The minimum absolute atomic E-state index is 0.169. The molecule has 1 amide bonds. The Hall–Kier alpha value is -1.52. The predicted molar refractivity (Wildman–Crippen MR) is 92.4 cm³/mol. The highest BCUT2D eigenvalue weighted by Crippen LogP contribution is 2.27. The van der Waals surface area contributed by atoms with Crippen LogP contribution in [0.1, 0.15) is 22.8 Å². The van der Waals surface area contributed by atoms with E-state index in [1.54, 1.807) is 18.2 Å². The number of hydrogen-bond acceptors (Lipinski definition) is 2. The van der Waals surface area contributed by atoms with E-state index in [0.29, 0.717) is 16.3 Å². The van der Waals surface area contributed by atoms with Crippen LogP contribution in [0.2, 0.25) is 5.02 Å². The highest BCUT2D eigenvalue weighted by molar-refractivity contribution is 9.10. The molecule has 0 spiro atoms. The SMILES string of the molecule is CCNc1ccc(C)cc1C(=O)Nc1cc(Cl)ccc1Br. The molecule has 2 aromatic carbocycles. The smallest absolute Gasteiger partial charge is 0.257 e. The highest BCUT2D eigenvalue weighted by Gasteiger charge is 2.13. The molecule has 0 heterocycles. The van der Waals surface area contributed by atoms with Crippen LogP contribution in [0.4, 0.5) is 11.4 Å². The van der Waals surface area contributed by atoms with Crippen molar-refractivity contribution < 1.29 is 4.79 Å². The summed E-state index contributed by atoms with van der Waals surface area (Å²) >= 11 is 9.37. The Morgan fingerprint density at radius 2 is 1.95 bits per heavy atom. The van der Waals surface area contributed by atoms with Gasteiger partial charge in [-0.1, -0.05) is 23.2 Å². The molecule has 0 atom stereocenters. The molecule has 0 radical (unpaired) electrons. The predicted octanol–water partition coefficient (Wildman–Crippen LogP) is 5.10. The van der Waals surface area contributed by atoms with Gasteiger partial charge in [-0.15, -0.1) is 0 Å². The van der Waals surface area contributed by atoms with E-state index in [4.69, 9.17) is 11.6 Å². The number of rotatable bonds is 4. The average Bonchev–Trinajstić information content (AvgIpc) is 2.45. The first kappa shape index (κ1) is 15.9. The summed E-state index contributed by atoms with van der Waals surface area (Å²) in [6.07, 6.45) is 0. The lowest BCUT2D eigenvalue weighted by molar-refractivity contribution is 0.102. The zero-order valence-electron chi connectivity index (χ0n) is 11.8. The van der Waals surface area contributed by atoms with Gasteiger partial charge in [-0.2, -0.15) is 0 Å². The molecule has 0 saturated carbocycles. The molecule has 0 saturated heterocycles. The fraction of sp³-hybridized carbons (Fsp3) is 0.188. The summed E-state index contributed by atoms with van der Waals surface area (Å²) in [7, 11) is 0. The average molecular weight is 368 g/mol. The zero-order valence-corrected chi connectivity index (χ0v) is 14.2. The van der Waals surface area contributed by atoms with Gasteiger partial charge in [-0.3, -0.25) is 4.79 Å². The van der Waals surface area contributed by atoms with E-state index in [0.717, 1.165) is 22.3 Å². The van der Waals surface area contributed by atoms with Gasteiger partial charge in [0, 0.05) is 21.7 Å². The molecular formula is C16H16BrClN2O. The molecular weight excluding hydrogens is 352 g/mol. The van der Waals surface area contributed by atoms with Gasteiger partial charge in [-0.05, 0) is 60.1 Å². The highest BCUT2D eigenvalue weighted by atomic mass is 79.9. The van der Waals surface area contributed by atoms with Crippen LogP contribution >= 0.6 is 27.5 Å². The quantitative estimate of drug-likeness (QED) is 0.790. The molecule has 0 unspecified atom stereocenters. The number of amides is 1. The molecule has 0 aliphatic rings. The van der Waals surface area contributed by atoms with Crippen molar-refractivity contribution in [2.45, 2.75) is 13.8 Å². The van der Waals surface area contributed by atoms with Crippen molar-refractivity contribution in [3.8, 4) is 0 Å². The summed E-state index contributed by atoms with van der Waals surface area (Å²) in [4.78, 5) is 12.5. The van der Waals surface area contributed by atoms with Gasteiger partial charge >= 0.3 is 0 Å². The lowest BCUT2D eigenvalue weighted by Gasteiger charge is -2.13. The Labute approximate surface area is 137 Å². The molecule has 2 aromatic rings.